The number of hydrogen-bond donors (Lipinski definition) is 2. The van der Waals surface area contributed by atoms with E-state index in [0.29, 0.717) is 52.9 Å². The molecule has 0 rings (SSSR count). The van der Waals surface area contributed by atoms with Crippen LogP contribution in [0.25, 0.3) is 0 Å². The van der Waals surface area contributed by atoms with E-state index in [-0.39, 0.29) is 13.2 Å². The molecular weight excluding hydrogens is 410 g/mol. The van der Waals surface area contributed by atoms with Gasteiger partial charge in [0.1, 0.15) is 0 Å². The van der Waals surface area contributed by atoms with Crippen molar-refractivity contribution in [3.63, 3.8) is 0 Å². The zero-order chi connectivity index (χ0) is 23.4. The van der Waals surface area contributed by atoms with Crippen LogP contribution in [0, 0.1) is 0 Å². The Balaban J connectivity index is 3.78. The molecule has 7 nitrogen and oxygen atoms in total. The molecule has 0 aliphatic carbocycles. The average molecular weight is 464 g/mol. The summed E-state index contributed by atoms with van der Waals surface area (Å²) in [5.74, 6) is 0. The lowest BCUT2D eigenvalue weighted by molar-refractivity contribution is 0.0145. The lowest BCUT2D eigenvalue weighted by atomic mass is 10.1. The van der Waals surface area contributed by atoms with E-state index in [4.69, 9.17) is 29.2 Å². The molecule has 0 aromatic rings. The summed E-state index contributed by atoms with van der Waals surface area (Å²) < 4.78 is 21.7. The zero-order valence-corrected chi connectivity index (χ0v) is 20.9. The van der Waals surface area contributed by atoms with Gasteiger partial charge in [-0.2, -0.15) is 0 Å². The van der Waals surface area contributed by atoms with E-state index in [0.717, 1.165) is 19.6 Å². The number of rotatable bonds is 28. The minimum atomic E-state index is 0.0533. The predicted octanol–water partition coefficient (Wildman–Crippen LogP) is 3.65. The molecule has 0 fully saturated rings. The molecule has 0 saturated heterocycles. The summed E-state index contributed by atoms with van der Waals surface area (Å²) >= 11 is 0. The SMILES string of the molecule is CCCCCCCCCCCCCN(CCOCCOCCO)CCOCCOCCO. The Kier molecular flexibility index (Phi) is 28.5. The van der Waals surface area contributed by atoms with E-state index in [1.54, 1.807) is 0 Å². The van der Waals surface area contributed by atoms with Gasteiger partial charge in [-0.1, -0.05) is 71.1 Å². The quantitative estimate of drug-likeness (QED) is 0.171. The van der Waals surface area contributed by atoms with Crippen LogP contribution in [-0.2, 0) is 18.9 Å². The largest absolute Gasteiger partial charge is 0.394 e. The fraction of sp³-hybridized carbons (Fsp3) is 1.00. The van der Waals surface area contributed by atoms with Crippen LogP contribution in [0.1, 0.15) is 77.6 Å². The molecule has 0 saturated carbocycles. The Hall–Kier alpha value is -0.280. The Bertz CT molecular complexity index is 318. The first kappa shape index (κ1) is 31.7. The Morgan fingerprint density at radius 1 is 0.438 bits per heavy atom. The highest BCUT2D eigenvalue weighted by molar-refractivity contribution is 4.59. The monoisotopic (exact) mass is 463 g/mol. The summed E-state index contributed by atoms with van der Waals surface area (Å²) in [7, 11) is 0. The molecular formula is C25H53NO6. The summed E-state index contributed by atoms with van der Waals surface area (Å²) in [5, 5.41) is 17.4. The topological polar surface area (TPSA) is 80.6 Å². The molecule has 194 valence electrons. The minimum absolute atomic E-state index is 0.0533. The number of ether oxygens (including phenoxy) is 4. The molecule has 32 heavy (non-hydrogen) atoms. The highest BCUT2D eigenvalue weighted by Gasteiger charge is 2.05. The van der Waals surface area contributed by atoms with Crippen LogP contribution in [0.2, 0.25) is 0 Å². The molecule has 0 atom stereocenters. The van der Waals surface area contributed by atoms with Gasteiger partial charge < -0.3 is 29.2 Å². The maximum atomic E-state index is 8.70. The van der Waals surface area contributed by atoms with E-state index >= 15 is 0 Å². The summed E-state index contributed by atoms with van der Waals surface area (Å²) in [4.78, 5) is 2.41. The van der Waals surface area contributed by atoms with Crippen LogP contribution in [0.15, 0.2) is 0 Å². The molecule has 0 unspecified atom stereocenters. The molecule has 0 aliphatic rings. The third-order valence-corrected chi connectivity index (χ3v) is 5.40. The van der Waals surface area contributed by atoms with Gasteiger partial charge in [0, 0.05) is 13.1 Å². The molecule has 0 aromatic carbocycles. The maximum Gasteiger partial charge on any atom is 0.0701 e. The lowest BCUT2D eigenvalue weighted by Crippen LogP contribution is -2.32. The van der Waals surface area contributed by atoms with Gasteiger partial charge in [-0.15, -0.1) is 0 Å². The van der Waals surface area contributed by atoms with E-state index in [1.165, 1.54) is 70.6 Å². The first-order valence-electron chi connectivity index (χ1n) is 13.1. The van der Waals surface area contributed by atoms with Gasteiger partial charge in [0.2, 0.25) is 0 Å². The third-order valence-electron chi connectivity index (χ3n) is 5.40. The second kappa shape index (κ2) is 28.8. The van der Waals surface area contributed by atoms with Crippen molar-refractivity contribution in [1.82, 2.24) is 4.90 Å². The number of aliphatic hydroxyl groups excluding tert-OH is 2. The Labute approximate surface area is 197 Å². The molecule has 0 heterocycles. The maximum absolute atomic E-state index is 8.70. The van der Waals surface area contributed by atoms with Crippen molar-refractivity contribution >= 4 is 0 Å². The predicted molar refractivity (Wildman–Crippen MR) is 130 cm³/mol. The van der Waals surface area contributed by atoms with Gasteiger partial charge in [0.05, 0.1) is 66.1 Å². The van der Waals surface area contributed by atoms with Gasteiger partial charge >= 0.3 is 0 Å². The van der Waals surface area contributed by atoms with Gasteiger partial charge in [-0.3, -0.25) is 4.90 Å². The molecule has 0 aliphatic heterocycles. The number of nitrogens with zero attached hydrogens (tertiary/aromatic N) is 1. The van der Waals surface area contributed by atoms with Crippen molar-refractivity contribution in [2.45, 2.75) is 77.6 Å². The average Bonchev–Trinajstić information content (AvgIpc) is 2.80. The molecule has 0 radical (unpaired) electrons. The second-order valence-corrected chi connectivity index (χ2v) is 8.27. The summed E-state index contributed by atoms with van der Waals surface area (Å²) in [6.07, 6.45) is 14.9. The van der Waals surface area contributed by atoms with E-state index in [9.17, 15) is 0 Å². The molecule has 0 amide bonds. The van der Waals surface area contributed by atoms with Crippen molar-refractivity contribution < 1.29 is 29.2 Å². The van der Waals surface area contributed by atoms with Crippen molar-refractivity contribution in [3.8, 4) is 0 Å². The highest BCUT2D eigenvalue weighted by Crippen LogP contribution is 2.11. The van der Waals surface area contributed by atoms with E-state index in [2.05, 4.69) is 11.8 Å². The first-order chi connectivity index (χ1) is 15.8. The van der Waals surface area contributed by atoms with Crippen LogP contribution in [0.4, 0.5) is 0 Å². The number of aliphatic hydroxyl groups is 2. The van der Waals surface area contributed by atoms with Gasteiger partial charge in [-0.25, -0.2) is 0 Å². The Morgan fingerprint density at radius 3 is 1.22 bits per heavy atom. The standard InChI is InChI=1S/C25H53NO6/c1-2-3-4-5-6-7-8-9-10-11-12-13-26(14-18-29-22-24-31-20-16-27)15-19-30-23-25-32-21-17-28/h27-28H,2-25H2,1H3. The molecule has 0 spiro atoms. The normalized spacial score (nSPS) is 11.6. The van der Waals surface area contributed by atoms with Gasteiger partial charge in [-0.05, 0) is 13.0 Å². The third kappa shape index (κ3) is 26.0. The van der Waals surface area contributed by atoms with Crippen LogP contribution in [-0.4, -0.2) is 101 Å². The van der Waals surface area contributed by atoms with E-state index < -0.39 is 0 Å². The van der Waals surface area contributed by atoms with Crippen LogP contribution < -0.4 is 0 Å². The molecule has 0 bridgehead atoms. The Morgan fingerprint density at radius 2 is 0.812 bits per heavy atom. The molecule has 0 aromatic heterocycles. The number of unbranched alkanes of at least 4 members (excludes halogenated alkanes) is 10. The molecule has 7 heteroatoms. The zero-order valence-electron chi connectivity index (χ0n) is 20.9. The molecule has 2 N–H and O–H groups in total. The fourth-order valence-electron chi connectivity index (χ4n) is 3.50. The van der Waals surface area contributed by atoms with Crippen molar-refractivity contribution in [2.75, 3.05) is 85.7 Å². The summed E-state index contributed by atoms with van der Waals surface area (Å²) in [5.41, 5.74) is 0. The van der Waals surface area contributed by atoms with Crippen LogP contribution in [0.3, 0.4) is 0 Å². The first-order valence-corrected chi connectivity index (χ1v) is 13.1. The van der Waals surface area contributed by atoms with E-state index in [1.807, 2.05) is 0 Å². The number of hydrogen-bond acceptors (Lipinski definition) is 7. The van der Waals surface area contributed by atoms with Gasteiger partial charge in [0.15, 0.2) is 0 Å². The highest BCUT2D eigenvalue weighted by atomic mass is 16.5. The fourth-order valence-corrected chi connectivity index (χ4v) is 3.50. The van der Waals surface area contributed by atoms with Crippen molar-refractivity contribution in [3.05, 3.63) is 0 Å². The summed E-state index contributed by atoms with van der Waals surface area (Å²) in [6, 6.07) is 0. The minimum Gasteiger partial charge on any atom is -0.394 e. The van der Waals surface area contributed by atoms with Crippen LogP contribution in [0.5, 0.6) is 0 Å². The second-order valence-electron chi connectivity index (χ2n) is 8.27. The summed E-state index contributed by atoms with van der Waals surface area (Å²) in [6.45, 7) is 9.50. The smallest absolute Gasteiger partial charge is 0.0701 e. The van der Waals surface area contributed by atoms with Crippen molar-refractivity contribution in [2.24, 2.45) is 0 Å². The van der Waals surface area contributed by atoms with Crippen LogP contribution >= 0.6 is 0 Å². The van der Waals surface area contributed by atoms with Gasteiger partial charge in [0.25, 0.3) is 0 Å². The lowest BCUT2D eigenvalue weighted by Gasteiger charge is -2.22. The van der Waals surface area contributed by atoms with Crippen molar-refractivity contribution in [1.29, 1.82) is 0 Å².